The van der Waals surface area contributed by atoms with Crippen LogP contribution in [0.5, 0.6) is 0 Å². The smallest absolute Gasteiger partial charge is 2.00 e. The van der Waals surface area contributed by atoms with Gasteiger partial charge in [-0.05, 0) is 0 Å². The Labute approximate surface area is 137 Å². The fourth-order valence-electron chi connectivity index (χ4n) is 0. The molecule has 0 aromatic rings. The van der Waals surface area contributed by atoms with Crippen molar-refractivity contribution in [2.24, 2.45) is 0 Å². The van der Waals surface area contributed by atoms with E-state index < -0.39 is 0 Å². The first-order valence-electron chi connectivity index (χ1n) is 0. The van der Waals surface area contributed by atoms with Gasteiger partial charge in [0, 0.05) is 0 Å². The van der Waals surface area contributed by atoms with Crippen molar-refractivity contribution in [3.63, 3.8) is 0 Å². The van der Waals surface area contributed by atoms with Crippen molar-refractivity contribution in [1.82, 2.24) is 0 Å². The summed E-state index contributed by atoms with van der Waals surface area (Å²) < 4.78 is 0. The molecule has 0 heterocycles. The second-order valence-electron chi connectivity index (χ2n) is 0. The first-order chi connectivity index (χ1) is 0. The second-order valence-corrected chi connectivity index (χ2v) is 0. The van der Waals surface area contributed by atoms with Crippen molar-refractivity contribution in [1.29, 1.82) is 0 Å². The van der Waals surface area contributed by atoms with Crippen molar-refractivity contribution in [3.05, 3.63) is 0 Å². The van der Waals surface area contributed by atoms with E-state index in [1.807, 2.05) is 0 Å². The van der Waals surface area contributed by atoms with Crippen molar-refractivity contribution in [2.45, 2.75) is 0 Å². The van der Waals surface area contributed by atoms with Crippen molar-refractivity contribution >= 4 is 0 Å². The van der Waals surface area contributed by atoms with Crippen LogP contribution in [0.2, 0.25) is 0 Å². The summed E-state index contributed by atoms with van der Waals surface area (Å²) in [7, 11) is 0. The van der Waals surface area contributed by atoms with Crippen molar-refractivity contribution < 1.29 is 142 Å². The maximum atomic E-state index is 0. The van der Waals surface area contributed by atoms with Gasteiger partial charge < -0.3 is 16.4 Å². The van der Waals surface area contributed by atoms with E-state index in [-0.39, 0.29) is 142 Å². The van der Waals surface area contributed by atoms with Crippen LogP contribution in [0.4, 0.5) is 0 Å². The predicted molar refractivity (Wildman–Crippen MR) is 2.06 cm³/mol. The van der Waals surface area contributed by atoms with E-state index in [2.05, 4.69) is 0 Å². The zero-order valence-corrected chi connectivity index (χ0v) is 12.1. The summed E-state index contributed by atoms with van der Waals surface area (Å²) in [6.45, 7) is 0. The monoisotopic (exact) mass is 468 g/mol. The van der Waals surface area contributed by atoms with E-state index in [4.69, 9.17) is 0 Å². The van der Waals surface area contributed by atoms with Gasteiger partial charge in [-0.25, -0.2) is 0 Å². The fourth-order valence-corrected chi connectivity index (χ4v) is 0. The minimum Gasteiger partial charge on any atom is -2.00 e. The van der Waals surface area contributed by atoms with Gasteiger partial charge in [-0.1, -0.05) is 0 Å². The molecule has 0 rings (SSSR count). The Kier molecular flexibility index (Phi) is 303. The van der Waals surface area contributed by atoms with Gasteiger partial charge in [0.1, 0.15) is 0 Å². The third kappa shape index (κ3) is 24.5. The molecule has 27 valence electrons. The molecule has 0 aliphatic rings. The summed E-state index contributed by atoms with van der Waals surface area (Å²) >= 11 is 0. The Morgan fingerprint density at radius 3 is 0.333 bits per heavy atom. The maximum absolute atomic E-state index is 0. The quantitative estimate of drug-likeness (QED) is 0.466. The average molecular weight is 468 g/mol. The van der Waals surface area contributed by atoms with E-state index >= 15 is 0 Å². The van der Waals surface area contributed by atoms with Crippen LogP contribution >= 0.6 is 0 Å². The molecule has 6 heteroatoms. The van der Waals surface area contributed by atoms with E-state index in [0.717, 1.165) is 0 Å². The minimum atomic E-state index is 0. The van der Waals surface area contributed by atoms with Crippen LogP contribution in [0.1, 0.15) is 0 Å². The molecular formula is Ce3O3+3. The van der Waals surface area contributed by atoms with E-state index in [9.17, 15) is 0 Å². The summed E-state index contributed by atoms with van der Waals surface area (Å²) in [5, 5.41) is 0. The maximum Gasteiger partial charge on any atom is 3.00 e. The van der Waals surface area contributed by atoms with Crippen LogP contribution < -0.4 is 0 Å². The van der Waals surface area contributed by atoms with Crippen molar-refractivity contribution in [2.75, 3.05) is 0 Å². The van der Waals surface area contributed by atoms with Gasteiger partial charge in [-0.2, -0.15) is 0 Å². The molecule has 0 saturated heterocycles. The normalized spacial score (nSPS) is 0. The fraction of sp³-hybridized carbons (Fsp3) is 0. The summed E-state index contributed by atoms with van der Waals surface area (Å²) in [6.07, 6.45) is 0. The molecule has 0 saturated carbocycles. The molecule has 0 spiro atoms. The van der Waals surface area contributed by atoms with Crippen LogP contribution in [0.3, 0.4) is 0 Å². The molecule has 3 nitrogen and oxygen atoms in total. The summed E-state index contributed by atoms with van der Waals surface area (Å²) in [5.41, 5.74) is 0. The Hall–Kier alpha value is 4.01. The zero-order chi connectivity index (χ0) is 0. The molecule has 0 aromatic heterocycles. The van der Waals surface area contributed by atoms with Crippen LogP contribution in [-0.4, -0.2) is 0 Å². The number of rotatable bonds is 0. The van der Waals surface area contributed by atoms with Gasteiger partial charge >= 0.3 is 125 Å². The van der Waals surface area contributed by atoms with E-state index in [0.29, 0.717) is 0 Å². The first kappa shape index (κ1) is 50.5. The summed E-state index contributed by atoms with van der Waals surface area (Å²) in [6, 6.07) is 0. The molecule has 0 N–H and O–H groups in total. The van der Waals surface area contributed by atoms with Crippen LogP contribution in [-0.2, 0) is 16.4 Å². The topological polar surface area (TPSA) is 85.5 Å². The third-order valence-electron chi connectivity index (χ3n) is 0. The Morgan fingerprint density at radius 1 is 0.333 bits per heavy atom. The van der Waals surface area contributed by atoms with Gasteiger partial charge in [-0.15, -0.1) is 0 Å². The SMILES string of the molecule is [Ce+3].[Ce+3].[Ce+3].[O-2].[O-2].[O-2]. The zero-order valence-electron chi connectivity index (χ0n) is 2.72. The number of hydrogen-bond donors (Lipinski definition) is 0. The van der Waals surface area contributed by atoms with Gasteiger partial charge in [0.15, 0.2) is 0 Å². The summed E-state index contributed by atoms with van der Waals surface area (Å²) in [4.78, 5) is 0. The van der Waals surface area contributed by atoms with Gasteiger partial charge in [-0.3, -0.25) is 0 Å². The molecule has 6 heavy (non-hydrogen) atoms. The van der Waals surface area contributed by atoms with Gasteiger partial charge in [0.05, 0.1) is 0 Å². The van der Waals surface area contributed by atoms with E-state index in [1.54, 1.807) is 0 Å². The van der Waals surface area contributed by atoms with E-state index in [1.165, 1.54) is 0 Å². The third-order valence-corrected chi connectivity index (χ3v) is 0. The summed E-state index contributed by atoms with van der Waals surface area (Å²) in [5.74, 6) is 0. The van der Waals surface area contributed by atoms with Crippen LogP contribution in [0.15, 0.2) is 0 Å². The van der Waals surface area contributed by atoms with Gasteiger partial charge in [0.25, 0.3) is 0 Å². The second kappa shape index (κ2) is 36.0. The molecular weight excluding hydrogens is 468 g/mol. The number of hydrogen-bond acceptors (Lipinski definition) is 0. The Bertz CT molecular complexity index is 6.00. The molecule has 0 fully saturated rings. The molecule has 0 bridgehead atoms. The molecule has 0 aliphatic heterocycles. The van der Waals surface area contributed by atoms with Crippen LogP contribution in [0.25, 0.3) is 0 Å². The minimum absolute atomic E-state index is 0. The predicted octanol–water partition coefficient (Wildman–Crippen LogP) is -0.356. The molecule has 0 amide bonds. The van der Waals surface area contributed by atoms with Gasteiger partial charge in [0.2, 0.25) is 0 Å². The standard InChI is InChI=1S/3Ce.3O/q3*+3;3*-2. The molecule has 0 atom stereocenters. The van der Waals surface area contributed by atoms with Crippen LogP contribution in [0, 0.1) is 125 Å². The Balaban J connectivity index is 0. The average Bonchev–Trinajstić information content (AvgIpc) is 0. The molecule has 0 unspecified atom stereocenters. The largest absolute Gasteiger partial charge is 3.00 e. The first-order valence-corrected chi connectivity index (χ1v) is 0. The Morgan fingerprint density at radius 2 is 0.333 bits per heavy atom. The molecule has 0 aliphatic carbocycles. The molecule has 0 aromatic carbocycles. The van der Waals surface area contributed by atoms with Crippen molar-refractivity contribution in [3.8, 4) is 0 Å². The molecule has 3 radical (unpaired) electrons.